The number of nitrogens with zero attached hydrogens (tertiary/aromatic N) is 2. The molecule has 1 aliphatic rings. The molecule has 0 aromatic heterocycles. The summed E-state index contributed by atoms with van der Waals surface area (Å²) in [5.41, 5.74) is 4.41. The summed E-state index contributed by atoms with van der Waals surface area (Å²) in [4.78, 5) is 17.2. The van der Waals surface area contributed by atoms with Crippen molar-refractivity contribution in [3.8, 4) is 11.5 Å². The molecule has 1 fully saturated rings. The van der Waals surface area contributed by atoms with Crippen molar-refractivity contribution in [3.63, 3.8) is 0 Å². The molecule has 1 heterocycles. The minimum absolute atomic E-state index is 0.0126. The molecule has 0 N–H and O–H groups in total. The van der Waals surface area contributed by atoms with Crippen LogP contribution < -0.4 is 14.4 Å². The van der Waals surface area contributed by atoms with Crippen molar-refractivity contribution in [1.29, 1.82) is 0 Å². The average Bonchev–Trinajstić information content (AvgIpc) is 2.69. The number of ether oxygens (including phenoxy) is 2. The lowest BCUT2D eigenvalue weighted by atomic mass is 10.1. The zero-order valence-electron chi connectivity index (χ0n) is 15.9. The maximum atomic E-state index is 13.0. The van der Waals surface area contributed by atoms with Crippen molar-refractivity contribution >= 4 is 11.6 Å². The molecule has 26 heavy (non-hydrogen) atoms. The summed E-state index contributed by atoms with van der Waals surface area (Å²) in [6.07, 6.45) is 0. The van der Waals surface area contributed by atoms with E-state index in [2.05, 4.69) is 36.9 Å². The quantitative estimate of drug-likeness (QED) is 0.845. The van der Waals surface area contributed by atoms with Gasteiger partial charge in [-0.3, -0.25) is 4.79 Å². The highest BCUT2D eigenvalue weighted by Gasteiger charge is 2.25. The van der Waals surface area contributed by atoms with Crippen molar-refractivity contribution in [1.82, 2.24) is 4.90 Å². The molecule has 0 atom stereocenters. The average molecular weight is 354 g/mol. The third kappa shape index (κ3) is 3.47. The number of anilines is 1. The molecule has 3 rings (SSSR count). The lowest BCUT2D eigenvalue weighted by molar-refractivity contribution is 0.0743. The van der Waals surface area contributed by atoms with E-state index in [1.807, 2.05) is 4.90 Å². The molecule has 1 amide bonds. The van der Waals surface area contributed by atoms with Crippen molar-refractivity contribution in [2.75, 3.05) is 45.3 Å². The van der Waals surface area contributed by atoms with E-state index in [4.69, 9.17) is 9.47 Å². The molecular formula is C21H26N2O3. The van der Waals surface area contributed by atoms with Crippen LogP contribution in [0.25, 0.3) is 0 Å². The van der Waals surface area contributed by atoms with Gasteiger partial charge in [0.25, 0.3) is 5.91 Å². The number of amides is 1. The van der Waals surface area contributed by atoms with Crippen LogP contribution in [0.3, 0.4) is 0 Å². The Balaban J connectivity index is 1.74. The predicted molar refractivity (Wildman–Crippen MR) is 104 cm³/mol. The van der Waals surface area contributed by atoms with E-state index >= 15 is 0 Å². The summed E-state index contributed by atoms with van der Waals surface area (Å²) < 4.78 is 10.6. The van der Waals surface area contributed by atoms with Crippen molar-refractivity contribution in [3.05, 3.63) is 53.1 Å². The van der Waals surface area contributed by atoms with Crippen LogP contribution in [0.5, 0.6) is 11.5 Å². The number of benzene rings is 2. The second-order valence-electron chi connectivity index (χ2n) is 6.56. The van der Waals surface area contributed by atoms with Crippen LogP contribution in [0.15, 0.2) is 36.4 Å². The van der Waals surface area contributed by atoms with Gasteiger partial charge in [-0.25, -0.2) is 0 Å². The highest BCUT2D eigenvalue weighted by molar-refractivity contribution is 5.97. The topological polar surface area (TPSA) is 42.0 Å². The van der Waals surface area contributed by atoms with Crippen LogP contribution in [0.1, 0.15) is 21.5 Å². The molecule has 0 saturated carbocycles. The first-order chi connectivity index (χ1) is 12.5. The van der Waals surface area contributed by atoms with E-state index in [-0.39, 0.29) is 5.91 Å². The molecule has 2 aromatic rings. The Bertz CT molecular complexity index is 796. The molecule has 0 radical (unpaired) electrons. The zero-order valence-corrected chi connectivity index (χ0v) is 15.9. The summed E-state index contributed by atoms with van der Waals surface area (Å²) in [6.45, 7) is 7.31. The third-order valence-electron chi connectivity index (χ3n) is 5.12. The van der Waals surface area contributed by atoms with Gasteiger partial charge in [-0.2, -0.15) is 0 Å². The predicted octanol–water partition coefficient (Wildman–Crippen LogP) is 3.28. The smallest absolute Gasteiger partial charge is 0.257 e. The fraction of sp³-hybridized carbons (Fsp3) is 0.381. The Kier molecular flexibility index (Phi) is 5.35. The zero-order chi connectivity index (χ0) is 18.7. The highest BCUT2D eigenvalue weighted by atomic mass is 16.5. The van der Waals surface area contributed by atoms with Gasteiger partial charge in [-0.15, -0.1) is 0 Å². The minimum Gasteiger partial charge on any atom is -0.497 e. The fourth-order valence-corrected chi connectivity index (χ4v) is 3.38. The van der Waals surface area contributed by atoms with Crippen LogP contribution in [-0.4, -0.2) is 51.2 Å². The number of aryl methyl sites for hydroxylation is 1. The molecule has 0 aliphatic carbocycles. The maximum Gasteiger partial charge on any atom is 0.257 e. The largest absolute Gasteiger partial charge is 0.497 e. The number of piperazine rings is 1. The van der Waals surface area contributed by atoms with Gasteiger partial charge in [-0.05, 0) is 49.2 Å². The first kappa shape index (κ1) is 18.1. The molecule has 0 bridgehead atoms. The van der Waals surface area contributed by atoms with E-state index in [9.17, 15) is 4.79 Å². The Morgan fingerprint density at radius 2 is 1.69 bits per heavy atom. The van der Waals surface area contributed by atoms with Crippen LogP contribution >= 0.6 is 0 Å². The van der Waals surface area contributed by atoms with E-state index < -0.39 is 0 Å². The molecule has 0 unspecified atom stereocenters. The Morgan fingerprint density at radius 3 is 2.35 bits per heavy atom. The first-order valence-electron chi connectivity index (χ1n) is 8.87. The van der Waals surface area contributed by atoms with Crippen molar-refractivity contribution in [2.45, 2.75) is 13.8 Å². The summed E-state index contributed by atoms with van der Waals surface area (Å²) in [6, 6.07) is 11.7. The van der Waals surface area contributed by atoms with Crippen LogP contribution in [0.2, 0.25) is 0 Å². The lowest BCUT2D eigenvalue weighted by Gasteiger charge is -2.37. The number of carbonyl (C=O) groups excluding carboxylic acids is 1. The molecule has 0 spiro atoms. The van der Waals surface area contributed by atoms with Gasteiger partial charge in [0.2, 0.25) is 0 Å². The van der Waals surface area contributed by atoms with E-state index in [0.717, 1.165) is 13.1 Å². The summed E-state index contributed by atoms with van der Waals surface area (Å²) in [5.74, 6) is 1.22. The molecule has 5 nitrogen and oxygen atoms in total. The van der Waals surface area contributed by atoms with E-state index in [0.29, 0.717) is 30.2 Å². The Labute approximate surface area is 155 Å². The standard InChI is InChI=1S/C21H26N2O3/c1-15-6-5-7-19(16(15)2)22-10-12-23(13-11-22)21(24)18-14-17(25-3)8-9-20(18)26-4/h5-9,14H,10-13H2,1-4H3. The number of rotatable bonds is 4. The number of hydrogen-bond acceptors (Lipinski definition) is 4. The third-order valence-corrected chi connectivity index (χ3v) is 5.12. The Morgan fingerprint density at radius 1 is 0.962 bits per heavy atom. The van der Waals surface area contributed by atoms with Gasteiger partial charge in [0, 0.05) is 31.9 Å². The van der Waals surface area contributed by atoms with Gasteiger partial charge in [0.05, 0.1) is 19.8 Å². The maximum absolute atomic E-state index is 13.0. The SMILES string of the molecule is COc1ccc(OC)c(C(=O)N2CCN(c3cccc(C)c3C)CC2)c1. The minimum atomic E-state index is -0.0126. The lowest BCUT2D eigenvalue weighted by Crippen LogP contribution is -2.49. The van der Waals surface area contributed by atoms with Crippen LogP contribution in [-0.2, 0) is 0 Å². The summed E-state index contributed by atoms with van der Waals surface area (Å²) in [7, 11) is 3.18. The molecule has 5 heteroatoms. The van der Waals surface area contributed by atoms with E-state index in [1.54, 1.807) is 32.4 Å². The van der Waals surface area contributed by atoms with Gasteiger partial charge in [0.1, 0.15) is 11.5 Å². The number of hydrogen-bond donors (Lipinski definition) is 0. The summed E-state index contributed by atoms with van der Waals surface area (Å²) >= 11 is 0. The van der Waals surface area contributed by atoms with Crippen molar-refractivity contribution in [2.24, 2.45) is 0 Å². The highest BCUT2D eigenvalue weighted by Crippen LogP contribution is 2.27. The monoisotopic (exact) mass is 354 g/mol. The van der Waals surface area contributed by atoms with Gasteiger partial charge < -0.3 is 19.3 Å². The van der Waals surface area contributed by atoms with Gasteiger partial charge in [-0.1, -0.05) is 12.1 Å². The van der Waals surface area contributed by atoms with Gasteiger partial charge in [0.15, 0.2) is 0 Å². The second-order valence-corrected chi connectivity index (χ2v) is 6.56. The number of methoxy groups -OCH3 is 2. The molecule has 1 aliphatic heterocycles. The molecular weight excluding hydrogens is 328 g/mol. The molecule has 138 valence electrons. The molecule has 1 saturated heterocycles. The fourth-order valence-electron chi connectivity index (χ4n) is 3.38. The summed E-state index contributed by atoms with van der Waals surface area (Å²) in [5, 5.41) is 0. The second kappa shape index (κ2) is 7.68. The van der Waals surface area contributed by atoms with E-state index in [1.165, 1.54) is 16.8 Å². The van der Waals surface area contributed by atoms with Gasteiger partial charge >= 0.3 is 0 Å². The normalized spacial score (nSPS) is 14.3. The Hall–Kier alpha value is -2.69. The number of carbonyl (C=O) groups is 1. The van der Waals surface area contributed by atoms with Crippen molar-refractivity contribution < 1.29 is 14.3 Å². The molecule has 2 aromatic carbocycles. The first-order valence-corrected chi connectivity index (χ1v) is 8.87. The van der Waals surface area contributed by atoms with Crippen LogP contribution in [0.4, 0.5) is 5.69 Å². The van der Waals surface area contributed by atoms with Crippen LogP contribution in [0, 0.1) is 13.8 Å².